The average molecular weight is 1150 g/mol. The van der Waals surface area contributed by atoms with Gasteiger partial charge in [-0.2, -0.15) is 20.4 Å². The summed E-state index contributed by atoms with van der Waals surface area (Å²) in [5, 5.41) is 40.1. The van der Waals surface area contributed by atoms with Crippen molar-refractivity contribution in [2.45, 2.75) is 74.3 Å². The van der Waals surface area contributed by atoms with Crippen molar-refractivity contribution in [1.82, 2.24) is 49.1 Å². The van der Waals surface area contributed by atoms with Crippen molar-refractivity contribution in [1.29, 1.82) is 0 Å². The zero-order chi connectivity index (χ0) is 49.7. The molecular formula is C46H44Br2Cl2F2N12O7. The van der Waals surface area contributed by atoms with Crippen LogP contribution in [0.15, 0.2) is 107 Å². The van der Waals surface area contributed by atoms with E-state index in [1.165, 1.54) is 71.8 Å². The number of ketones is 1. The fraction of sp³-hybridized carbons (Fsp3) is 0.239. The Bertz CT molecular complexity index is 3220. The molecule has 0 saturated carbocycles. The van der Waals surface area contributed by atoms with E-state index in [9.17, 15) is 33.8 Å². The number of aromatic nitrogens is 10. The third-order valence-electron chi connectivity index (χ3n) is 10.1. The van der Waals surface area contributed by atoms with Gasteiger partial charge in [0.25, 0.3) is 0 Å². The quantitative estimate of drug-likeness (QED) is 0.0500. The smallest absolute Gasteiger partial charge is 0.406 e. The van der Waals surface area contributed by atoms with Gasteiger partial charge < -0.3 is 29.7 Å². The maximum atomic E-state index is 14.3. The predicted octanol–water partition coefficient (Wildman–Crippen LogP) is 12.3. The highest BCUT2D eigenvalue weighted by Gasteiger charge is 2.27. The molecule has 0 amide bonds. The first-order valence-corrected chi connectivity index (χ1v) is 22.9. The van der Waals surface area contributed by atoms with Crippen LogP contribution in [0.1, 0.15) is 93.2 Å². The second-order valence-electron chi connectivity index (χ2n) is 14.8. The first-order valence-electron chi connectivity index (χ1n) is 20.5. The number of ether oxygens (including phenoxy) is 2. The minimum atomic E-state index is -0.899. The molecule has 0 bridgehead atoms. The minimum Gasteiger partial charge on any atom is -0.478 e. The van der Waals surface area contributed by atoms with E-state index in [1.54, 1.807) is 47.7 Å². The first-order chi connectivity index (χ1) is 32.9. The van der Waals surface area contributed by atoms with Crippen molar-refractivity contribution in [2.75, 3.05) is 0 Å². The molecule has 0 fully saturated rings. The summed E-state index contributed by atoms with van der Waals surface area (Å²) >= 11 is 18.8. The van der Waals surface area contributed by atoms with Crippen LogP contribution in [0.2, 0.25) is 10.3 Å². The molecule has 19 nitrogen and oxygen atoms in total. The summed E-state index contributed by atoms with van der Waals surface area (Å²) in [6.07, 6.45) is 8.14. The molecule has 6 aromatic heterocycles. The third-order valence-corrected chi connectivity index (χ3v) is 11.4. The molecule has 71 heavy (non-hydrogen) atoms. The maximum Gasteiger partial charge on any atom is 0.406 e. The Morgan fingerprint density at radius 1 is 0.704 bits per heavy atom. The van der Waals surface area contributed by atoms with Gasteiger partial charge in [-0.15, -0.1) is 0 Å². The minimum absolute atomic E-state index is 0. The summed E-state index contributed by atoms with van der Waals surface area (Å²) in [6.45, 7) is 8.46. The lowest BCUT2D eigenvalue weighted by Gasteiger charge is -2.19. The molecule has 8 rings (SSSR count). The van der Waals surface area contributed by atoms with Crippen LogP contribution in [0.3, 0.4) is 0 Å². The number of pyridine rings is 2. The fourth-order valence-corrected chi connectivity index (χ4v) is 7.97. The summed E-state index contributed by atoms with van der Waals surface area (Å²) in [5.41, 5.74) is 3.72. The summed E-state index contributed by atoms with van der Waals surface area (Å²) in [4.78, 5) is 42.3. The molecular weight excluding hydrogens is 1100 g/mol. The lowest BCUT2D eigenvalue weighted by molar-refractivity contribution is -0.390. The molecule has 2 atom stereocenters. The second kappa shape index (κ2) is 23.8. The van der Waals surface area contributed by atoms with E-state index in [-0.39, 0.29) is 53.7 Å². The van der Waals surface area contributed by atoms with E-state index in [1.807, 2.05) is 24.7 Å². The van der Waals surface area contributed by atoms with Gasteiger partial charge in [0.05, 0.1) is 44.0 Å². The van der Waals surface area contributed by atoms with Crippen molar-refractivity contribution in [3.63, 3.8) is 0 Å². The Morgan fingerprint density at radius 3 is 1.68 bits per heavy atom. The molecule has 6 heterocycles. The van der Waals surface area contributed by atoms with Crippen molar-refractivity contribution in [2.24, 2.45) is 0 Å². The Kier molecular flexibility index (Phi) is 18.4. The van der Waals surface area contributed by atoms with Crippen LogP contribution in [0, 0.1) is 31.9 Å². The number of carbonyl (C=O) groups is 1. The normalized spacial score (nSPS) is 11.6. The molecule has 8 aromatic rings. The number of rotatable bonds is 16. The van der Waals surface area contributed by atoms with E-state index < -0.39 is 45.3 Å². The van der Waals surface area contributed by atoms with Crippen LogP contribution >= 0.6 is 55.1 Å². The van der Waals surface area contributed by atoms with Gasteiger partial charge in [-0.1, -0.05) is 38.1 Å². The highest BCUT2D eigenvalue weighted by Crippen LogP contribution is 2.36. The molecule has 0 aliphatic carbocycles. The molecule has 2 unspecified atom stereocenters. The topological polar surface area (TPSA) is 219 Å². The predicted molar refractivity (Wildman–Crippen MR) is 268 cm³/mol. The van der Waals surface area contributed by atoms with E-state index in [0.717, 1.165) is 17.8 Å². The molecule has 0 radical (unpaired) electrons. The molecule has 25 heteroatoms. The Balaban J connectivity index is 0.000000257. The number of hydrogen-bond acceptors (Lipinski definition) is 13. The lowest BCUT2D eigenvalue weighted by atomic mass is 10.1. The number of aryl methyl sites for hydroxylation is 2. The van der Waals surface area contributed by atoms with Crippen LogP contribution in [-0.2, 0) is 19.5 Å². The second-order valence-corrected chi connectivity index (χ2v) is 17.4. The van der Waals surface area contributed by atoms with Crippen LogP contribution in [0.4, 0.5) is 20.4 Å². The molecule has 372 valence electrons. The number of hydrogen-bond donors (Lipinski definition) is 0. The molecule has 0 aliphatic rings. The number of nitro groups is 2. The number of nitrogens with zero attached hydrogens (tertiary/aromatic N) is 12. The van der Waals surface area contributed by atoms with Crippen LogP contribution in [0.25, 0.3) is 11.4 Å². The van der Waals surface area contributed by atoms with Gasteiger partial charge >= 0.3 is 11.6 Å². The van der Waals surface area contributed by atoms with Gasteiger partial charge in [0.1, 0.15) is 29.5 Å². The Labute approximate surface area is 431 Å². The SMILES string of the molecule is C.C.CCn1cc(C(=O)c2cc(Cl)nn2-c2ccc(F)cc2C(C)Oc2cc(Br)cnc2[N+](=O)[O-])cn1.CCn1cc(Cc2cc(Cl)nn2-c2ccc(F)cc2C(C)Oc2cc(Br)cnc2[N+](=O)[O-])cn1. The van der Waals surface area contributed by atoms with E-state index in [4.69, 9.17) is 32.7 Å². The number of halogens is 6. The van der Waals surface area contributed by atoms with Gasteiger partial charge in [0, 0.05) is 61.2 Å². The largest absolute Gasteiger partial charge is 0.478 e. The molecule has 0 saturated heterocycles. The van der Waals surface area contributed by atoms with E-state index in [2.05, 4.69) is 62.2 Å². The fourth-order valence-electron chi connectivity index (χ4n) is 6.97. The monoisotopic (exact) mass is 1140 g/mol. The van der Waals surface area contributed by atoms with Crippen molar-refractivity contribution in [3.05, 3.63) is 183 Å². The molecule has 0 N–H and O–H groups in total. The van der Waals surface area contributed by atoms with E-state index in [0.29, 0.717) is 44.4 Å². The number of carbonyl (C=O) groups excluding carboxylic acids is 1. The summed E-state index contributed by atoms with van der Waals surface area (Å²) in [7, 11) is 0. The van der Waals surface area contributed by atoms with Crippen molar-refractivity contribution in [3.8, 4) is 22.9 Å². The highest BCUT2D eigenvalue weighted by molar-refractivity contribution is 9.10. The zero-order valence-corrected chi connectivity index (χ0v) is 41.2. The van der Waals surface area contributed by atoms with Gasteiger partial charge in [-0.05, 0) is 127 Å². The van der Waals surface area contributed by atoms with Crippen molar-refractivity contribution < 1.29 is 32.9 Å². The molecule has 0 aliphatic heterocycles. The van der Waals surface area contributed by atoms with Gasteiger partial charge in [0.15, 0.2) is 22.7 Å². The van der Waals surface area contributed by atoms with Gasteiger partial charge in [-0.25, -0.2) is 18.1 Å². The lowest BCUT2D eigenvalue weighted by Crippen LogP contribution is -2.15. The van der Waals surface area contributed by atoms with Crippen LogP contribution in [0.5, 0.6) is 11.5 Å². The van der Waals surface area contributed by atoms with Gasteiger partial charge in [-0.3, -0.25) is 14.2 Å². The molecule has 2 aromatic carbocycles. The number of benzene rings is 2. The standard InChI is InChI=1S/C22H17BrClFN6O4.C22H19BrClFN6O3.2CH4/c1-3-29-11-13(9-27-29)21(32)18-8-20(24)28-30(18)17-5-4-15(25)7-16(17)12(2)35-19-6-14(23)10-26-22(19)31(33)34;1-3-29-12-14(10-27-29)6-17-9-21(24)28-30(17)19-5-4-16(25)8-18(19)13(2)34-20-7-15(23)11-26-22(20)31(32)33;;/h4-12H,3H2,1-2H3;4-5,7-13H,3,6H2,1-2H3;2*1H4. The Hall–Kier alpha value is -6.95. The summed E-state index contributed by atoms with van der Waals surface area (Å²) in [6, 6.07) is 14.0. The van der Waals surface area contributed by atoms with Crippen molar-refractivity contribution >= 4 is 72.5 Å². The average Bonchev–Trinajstić information content (AvgIpc) is 4.13. The zero-order valence-electron chi connectivity index (χ0n) is 36.5. The highest BCUT2D eigenvalue weighted by atomic mass is 79.9. The summed E-state index contributed by atoms with van der Waals surface area (Å²) in [5.74, 6) is -2.55. The van der Waals surface area contributed by atoms with Gasteiger partial charge in [0.2, 0.25) is 17.3 Å². The summed E-state index contributed by atoms with van der Waals surface area (Å²) < 4.78 is 47.6. The van der Waals surface area contributed by atoms with Crippen LogP contribution in [-0.4, -0.2) is 64.7 Å². The molecule has 0 spiro atoms. The van der Waals surface area contributed by atoms with Crippen LogP contribution < -0.4 is 9.47 Å². The maximum absolute atomic E-state index is 14.3. The first kappa shape index (κ1) is 55.0. The third kappa shape index (κ3) is 12.9. The Morgan fingerprint density at radius 2 is 1.18 bits per heavy atom. The van der Waals surface area contributed by atoms with E-state index >= 15 is 0 Å².